The Kier molecular flexibility index (Phi) is 9.37. The van der Waals surface area contributed by atoms with Gasteiger partial charge >= 0.3 is 0 Å². The summed E-state index contributed by atoms with van der Waals surface area (Å²) in [6.07, 6.45) is 14.1. The van der Waals surface area contributed by atoms with E-state index < -0.39 is 0 Å². The molecule has 0 fully saturated rings. The Morgan fingerprint density at radius 3 is 2.14 bits per heavy atom. The lowest BCUT2D eigenvalue weighted by Gasteiger charge is -2.37. The molecule has 166 valence electrons. The fourth-order valence-electron chi connectivity index (χ4n) is 4.83. The molecule has 2 rings (SSSR count). The zero-order valence-electron chi connectivity index (χ0n) is 20.0. The smallest absolute Gasteiger partial charge is 0.126 e. The SMILES string of the molecule is Cc1cc(O)cc2c1O[C@@](C)(CCC[C@@H](C)CCC[C@@H](C)CCCC(C)C)CC2. The van der Waals surface area contributed by atoms with Crippen LogP contribution in [-0.2, 0) is 6.42 Å². The van der Waals surface area contributed by atoms with E-state index in [9.17, 15) is 5.11 Å². The first-order chi connectivity index (χ1) is 13.7. The summed E-state index contributed by atoms with van der Waals surface area (Å²) in [7, 11) is 0. The van der Waals surface area contributed by atoms with Gasteiger partial charge in [0.25, 0.3) is 0 Å². The van der Waals surface area contributed by atoms with Gasteiger partial charge in [-0.3, -0.25) is 0 Å². The second kappa shape index (κ2) is 11.3. The molecule has 1 aromatic rings. The Balaban J connectivity index is 1.65. The number of fused-ring (bicyclic) bond motifs is 1. The number of ether oxygens (including phenoxy) is 1. The molecular weight excluding hydrogens is 356 g/mol. The fourth-order valence-corrected chi connectivity index (χ4v) is 4.83. The molecule has 1 aliphatic heterocycles. The highest BCUT2D eigenvalue weighted by Gasteiger charge is 2.32. The third-order valence-corrected chi connectivity index (χ3v) is 6.88. The molecule has 1 N–H and O–H groups in total. The molecule has 3 atom stereocenters. The Hall–Kier alpha value is -1.18. The molecular formula is C27H46O2. The topological polar surface area (TPSA) is 29.5 Å². The Labute approximate surface area is 180 Å². The number of phenolic OH excluding ortho intramolecular Hbond substituents is 1. The van der Waals surface area contributed by atoms with Gasteiger partial charge in [-0.25, -0.2) is 0 Å². The summed E-state index contributed by atoms with van der Waals surface area (Å²) in [5.74, 6) is 3.92. The van der Waals surface area contributed by atoms with E-state index in [1.165, 1.54) is 51.4 Å². The summed E-state index contributed by atoms with van der Waals surface area (Å²) in [5.41, 5.74) is 2.16. The molecule has 0 amide bonds. The summed E-state index contributed by atoms with van der Waals surface area (Å²) in [5, 5.41) is 9.82. The van der Waals surface area contributed by atoms with Crippen LogP contribution in [0, 0.1) is 24.7 Å². The molecule has 0 saturated carbocycles. The number of rotatable bonds is 12. The number of aromatic hydroxyl groups is 1. The molecule has 2 heteroatoms. The highest BCUT2D eigenvalue weighted by Crippen LogP contribution is 2.40. The third-order valence-electron chi connectivity index (χ3n) is 6.88. The first-order valence-electron chi connectivity index (χ1n) is 12.2. The predicted molar refractivity (Wildman–Crippen MR) is 125 cm³/mol. The molecule has 0 unspecified atom stereocenters. The van der Waals surface area contributed by atoms with E-state index in [4.69, 9.17) is 4.74 Å². The van der Waals surface area contributed by atoms with Gasteiger partial charge in [-0.2, -0.15) is 0 Å². The van der Waals surface area contributed by atoms with Crippen LogP contribution in [-0.4, -0.2) is 10.7 Å². The Bertz CT molecular complexity index is 621. The van der Waals surface area contributed by atoms with Crippen molar-refractivity contribution in [2.75, 3.05) is 0 Å². The lowest BCUT2D eigenvalue weighted by atomic mass is 9.85. The van der Waals surface area contributed by atoms with E-state index in [1.54, 1.807) is 0 Å². The molecule has 0 bridgehead atoms. The van der Waals surface area contributed by atoms with Crippen LogP contribution < -0.4 is 4.74 Å². The van der Waals surface area contributed by atoms with Gasteiger partial charge in [0.1, 0.15) is 17.1 Å². The molecule has 0 aliphatic carbocycles. The van der Waals surface area contributed by atoms with Gasteiger partial charge in [-0.1, -0.05) is 72.6 Å². The summed E-state index contributed by atoms with van der Waals surface area (Å²) >= 11 is 0. The van der Waals surface area contributed by atoms with Crippen molar-refractivity contribution in [2.45, 2.75) is 118 Å². The van der Waals surface area contributed by atoms with Crippen molar-refractivity contribution in [3.8, 4) is 11.5 Å². The van der Waals surface area contributed by atoms with E-state index in [2.05, 4.69) is 34.6 Å². The van der Waals surface area contributed by atoms with Crippen LogP contribution in [0.2, 0.25) is 0 Å². The third kappa shape index (κ3) is 8.22. The van der Waals surface area contributed by atoms with Gasteiger partial charge in [0.2, 0.25) is 0 Å². The second-order valence-electron chi connectivity index (χ2n) is 10.7. The monoisotopic (exact) mass is 402 g/mol. The Morgan fingerprint density at radius 2 is 1.52 bits per heavy atom. The maximum Gasteiger partial charge on any atom is 0.126 e. The summed E-state index contributed by atoms with van der Waals surface area (Å²) < 4.78 is 6.44. The normalized spacial score (nSPS) is 20.9. The molecule has 0 radical (unpaired) electrons. The van der Waals surface area contributed by atoms with Crippen molar-refractivity contribution >= 4 is 0 Å². The van der Waals surface area contributed by atoms with Crippen LogP contribution in [0.1, 0.15) is 110 Å². The van der Waals surface area contributed by atoms with Crippen LogP contribution in [0.5, 0.6) is 11.5 Å². The quantitative estimate of drug-likeness (QED) is 0.381. The summed E-state index contributed by atoms with van der Waals surface area (Å²) in [6.45, 7) is 13.8. The molecule has 0 aromatic heterocycles. The minimum absolute atomic E-state index is 0.0562. The van der Waals surface area contributed by atoms with Gasteiger partial charge < -0.3 is 9.84 Å². The fraction of sp³-hybridized carbons (Fsp3) is 0.778. The van der Waals surface area contributed by atoms with Gasteiger partial charge in [-0.15, -0.1) is 0 Å². The van der Waals surface area contributed by atoms with Gasteiger partial charge in [0, 0.05) is 0 Å². The standard InChI is InChI=1S/C27H46O2/c1-20(2)10-7-11-21(3)12-8-13-22(4)14-9-16-27(6)17-15-24-19-25(28)18-23(5)26(24)29-27/h18-22,28H,7-17H2,1-6H3/t21-,22-,27-/m0/s1. The van der Waals surface area contributed by atoms with E-state index in [0.717, 1.165) is 53.9 Å². The summed E-state index contributed by atoms with van der Waals surface area (Å²) in [6, 6.07) is 3.68. The van der Waals surface area contributed by atoms with E-state index in [-0.39, 0.29) is 5.60 Å². The highest BCUT2D eigenvalue weighted by atomic mass is 16.5. The predicted octanol–water partition coefficient (Wildman–Crippen LogP) is 8.22. The average molecular weight is 403 g/mol. The van der Waals surface area contributed by atoms with Gasteiger partial charge in [0.15, 0.2) is 0 Å². The van der Waals surface area contributed by atoms with Crippen molar-refractivity contribution in [2.24, 2.45) is 17.8 Å². The van der Waals surface area contributed by atoms with Gasteiger partial charge in [0.05, 0.1) is 0 Å². The number of hydrogen-bond acceptors (Lipinski definition) is 2. The van der Waals surface area contributed by atoms with Crippen molar-refractivity contribution in [1.29, 1.82) is 0 Å². The largest absolute Gasteiger partial charge is 0.508 e. The van der Waals surface area contributed by atoms with Crippen molar-refractivity contribution < 1.29 is 9.84 Å². The van der Waals surface area contributed by atoms with E-state index in [0.29, 0.717) is 5.75 Å². The second-order valence-corrected chi connectivity index (χ2v) is 10.7. The zero-order valence-corrected chi connectivity index (χ0v) is 20.0. The maximum absolute atomic E-state index is 9.82. The first kappa shape index (κ1) is 24.1. The molecule has 0 spiro atoms. The average Bonchev–Trinajstić information content (AvgIpc) is 2.62. The van der Waals surface area contributed by atoms with Crippen LogP contribution in [0.3, 0.4) is 0 Å². The lowest BCUT2D eigenvalue weighted by Crippen LogP contribution is -2.36. The molecule has 29 heavy (non-hydrogen) atoms. The van der Waals surface area contributed by atoms with E-state index >= 15 is 0 Å². The molecule has 2 nitrogen and oxygen atoms in total. The number of aryl methyl sites for hydroxylation is 2. The molecule has 1 aliphatic rings. The lowest BCUT2D eigenvalue weighted by molar-refractivity contribution is 0.0515. The molecule has 0 saturated heterocycles. The maximum atomic E-state index is 9.82. The summed E-state index contributed by atoms with van der Waals surface area (Å²) in [4.78, 5) is 0. The Morgan fingerprint density at radius 1 is 0.931 bits per heavy atom. The number of phenols is 1. The zero-order chi connectivity index (χ0) is 21.4. The van der Waals surface area contributed by atoms with Crippen LogP contribution in [0.15, 0.2) is 12.1 Å². The van der Waals surface area contributed by atoms with Crippen LogP contribution in [0.4, 0.5) is 0 Å². The minimum atomic E-state index is -0.0562. The van der Waals surface area contributed by atoms with Gasteiger partial charge in [-0.05, 0) is 80.5 Å². The van der Waals surface area contributed by atoms with Crippen LogP contribution >= 0.6 is 0 Å². The molecule has 1 aromatic carbocycles. The van der Waals surface area contributed by atoms with Crippen molar-refractivity contribution in [1.82, 2.24) is 0 Å². The highest BCUT2D eigenvalue weighted by molar-refractivity contribution is 5.47. The van der Waals surface area contributed by atoms with Crippen molar-refractivity contribution in [3.05, 3.63) is 23.3 Å². The van der Waals surface area contributed by atoms with E-state index in [1.807, 2.05) is 19.1 Å². The minimum Gasteiger partial charge on any atom is -0.508 e. The number of hydrogen-bond donors (Lipinski definition) is 1. The van der Waals surface area contributed by atoms with Crippen LogP contribution in [0.25, 0.3) is 0 Å². The number of benzene rings is 1. The molecule has 1 heterocycles. The van der Waals surface area contributed by atoms with Crippen molar-refractivity contribution in [3.63, 3.8) is 0 Å². The first-order valence-corrected chi connectivity index (χ1v) is 12.2.